The summed E-state index contributed by atoms with van der Waals surface area (Å²) in [5.41, 5.74) is 2.11. The van der Waals surface area contributed by atoms with Crippen LogP contribution >= 0.6 is 15.9 Å². The molecule has 0 bridgehead atoms. The summed E-state index contributed by atoms with van der Waals surface area (Å²) in [6.45, 7) is 0. The zero-order valence-corrected chi connectivity index (χ0v) is 8.49. The van der Waals surface area contributed by atoms with E-state index in [1.165, 1.54) is 0 Å². The van der Waals surface area contributed by atoms with Gasteiger partial charge in [-0.2, -0.15) is 0 Å². The monoisotopic (exact) mass is 240 g/mol. The molecule has 1 aromatic carbocycles. The minimum atomic E-state index is -0.744. The van der Waals surface area contributed by atoms with E-state index in [0.717, 1.165) is 17.5 Å². The molecule has 2 nitrogen and oxygen atoms in total. The molecule has 13 heavy (non-hydrogen) atoms. The molecule has 0 radical (unpaired) electrons. The van der Waals surface area contributed by atoms with Crippen LogP contribution in [0.2, 0.25) is 0 Å². The van der Waals surface area contributed by atoms with Crippen molar-refractivity contribution in [3.8, 4) is 0 Å². The molecule has 1 unspecified atom stereocenters. The highest BCUT2D eigenvalue weighted by Crippen LogP contribution is 2.37. The highest BCUT2D eigenvalue weighted by Gasteiger charge is 2.35. The molecule has 1 N–H and O–H groups in total. The first kappa shape index (κ1) is 8.75. The van der Waals surface area contributed by atoms with Gasteiger partial charge in [-0.05, 0) is 17.5 Å². The minimum absolute atomic E-state index is 0.0439. The number of hydrogen-bond donors (Lipinski definition) is 1. The molecule has 0 fully saturated rings. The van der Waals surface area contributed by atoms with Crippen LogP contribution in [-0.4, -0.2) is 15.9 Å². The van der Waals surface area contributed by atoms with Crippen LogP contribution in [-0.2, 0) is 11.2 Å². The van der Waals surface area contributed by atoms with E-state index in [1.807, 2.05) is 24.3 Å². The van der Waals surface area contributed by atoms with Crippen molar-refractivity contribution in [1.29, 1.82) is 0 Å². The number of aliphatic carboxylic acids is 1. The number of halogens is 1. The van der Waals surface area contributed by atoms with Gasteiger partial charge in [0.15, 0.2) is 0 Å². The maximum Gasteiger partial charge on any atom is 0.312 e. The second-order valence-corrected chi connectivity index (χ2v) is 4.41. The van der Waals surface area contributed by atoms with E-state index in [-0.39, 0.29) is 10.7 Å². The average molecular weight is 241 g/mol. The van der Waals surface area contributed by atoms with E-state index in [1.54, 1.807) is 0 Å². The van der Waals surface area contributed by atoms with Gasteiger partial charge in [-0.1, -0.05) is 40.2 Å². The van der Waals surface area contributed by atoms with Gasteiger partial charge in [-0.25, -0.2) is 0 Å². The number of carbonyl (C=O) groups is 1. The number of hydrogen-bond acceptors (Lipinski definition) is 1. The first-order chi connectivity index (χ1) is 6.20. The predicted molar refractivity (Wildman–Crippen MR) is 53.2 cm³/mol. The van der Waals surface area contributed by atoms with E-state index < -0.39 is 5.97 Å². The molecule has 2 rings (SSSR count). The van der Waals surface area contributed by atoms with E-state index in [2.05, 4.69) is 15.9 Å². The van der Waals surface area contributed by atoms with Gasteiger partial charge in [0.05, 0.1) is 5.92 Å². The quantitative estimate of drug-likeness (QED) is 0.765. The summed E-state index contributed by atoms with van der Waals surface area (Å²) >= 11 is 3.41. The van der Waals surface area contributed by atoms with Gasteiger partial charge >= 0.3 is 5.97 Å². The standard InChI is InChI=1S/C10H9BrO2/c11-8-5-6-3-1-2-4-7(6)9(8)10(12)13/h1-4,8-9H,5H2,(H,12,13)/t8-,9?/m0/s1. The predicted octanol–water partition coefficient (Wildman–Crippen LogP) is 2.17. The van der Waals surface area contributed by atoms with Gasteiger partial charge in [0.2, 0.25) is 0 Å². The Labute approximate surface area is 84.7 Å². The van der Waals surface area contributed by atoms with Crippen molar-refractivity contribution < 1.29 is 9.90 Å². The molecule has 1 aromatic rings. The van der Waals surface area contributed by atoms with Crippen molar-refractivity contribution in [3.05, 3.63) is 35.4 Å². The zero-order chi connectivity index (χ0) is 9.42. The molecule has 3 heteroatoms. The molecule has 68 valence electrons. The second-order valence-electron chi connectivity index (χ2n) is 3.23. The topological polar surface area (TPSA) is 37.3 Å². The maximum atomic E-state index is 10.9. The highest BCUT2D eigenvalue weighted by atomic mass is 79.9. The second kappa shape index (κ2) is 3.14. The Hall–Kier alpha value is -0.830. The molecule has 0 amide bonds. The average Bonchev–Trinajstić information content (AvgIpc) is 2.39. The van der Waals surface area contributed by atoms with Crippen LogP contribution in [0.1, 0.15) is 17.0 Å². The van der Waals surface area contributed by atoms with Crippen molar-refractivity contribution in [3.63, 3.8) is 0 Å². The van der Waals surface area contributed by atoms with Crippen LogP contribution in [0.25, 0.3) is 0 Å². The van der Waals surface area contributed by atoms with Crippen LogP contribution in [0.3, 0.4) is 0 Å². The van der Waals surface area contributed by atoms with Crippen molar-refractivity contribution in [2.75, 3.05) is 0 Å². The normalized spacial score (nSPS) is 25.6. The molecule has 0 aliphatic heterocycles. The lowest BCUT2D eigenvalue weighted by molar-refractivity contribution is -0.138. The molecule has 1 aliphatic carbocycles. The lowest BCUT2D eigenvalue weighted by atomic mass is 10.0. The fraction of sp³-hybridized carbons (Fsp3) is 0.300. The molecule has 0 saturated carbocycles. The molecule has 2 atom stereocenters. The number of benzene rings is 1. The van der Waals surface area contributed by atoms with Crippen LogP contribution in [0.15, 0.2) is 24.3 Å². The minimum Gasteiger partial charge on any atom is -0.481 e. The summed E-state index contributed by atoms with van der Waals surface area (Å²) in [5, 5.41) is 9.00. The van der Waals surface area contributed by atoms with E-state index in [4.69, 9.17) is 5.11 Å². The van der Waals surface area contributed by atoms with E-state index >= 15 is 0 Å². The van der Waals surface area contributed by atoms with Crippen LogP contribution in [0.4, 0.5) is 0 Å². The Balaban J connectivity index is 2.46. The summed E-state index contributed by atoms with van der Waals surface area (Å²) in [7, 11) is 0. The Morgan fingerprint density at radius 2 is 2.15 bits per heavy atom. The molecular weight excluding hydrogens is 232 g/mol. The number of alkyl halides is 1. The number of carboxylic acid groups (broad SMARTS) is 1. The Bertz CT molecular complexity index is 349. The summed E-state index contributed by atoms with van der Waals surface area (Å²) in [6, 6.07) is 7.73. The van der Waals surface area contributed by atoms with E-state index in [0.29, 0.717) is 0 Å². The summed E-state index contributed by atoms with van der Waals surface area (Å²) in [6.07, 6.45) is 0.813. The third kappa shape index (κ3) is 1.37. The molecule has 0 heterocycles. The van der Waals surface area contributed by atoms with Crippen LogP contribution < -0.4 is 0 Å². The number of carboxylic acids is 1. The van der Waals surface area contributed by atoms with Crippen LogP contribution in [0, 0.1) is 0 Å². The number of rotatable bonds is 1. The largest absolute Gasteiger partial charge is 0.481 e. The Kier molecular flexibility index (Phi) is 2.12. The van der Waals surface area contributed by atoms with Crippen molar-refractivity contribution in [1.82, 2.24) is 0 Å². The van der Waals surface area contributed by atoms with Gasteiger partial charge in [-0.15, -0.1) is 0 Å². The van der Waals surface area contributed by atoms with Crippen molar-refractivity contribution in [2.24, 2.45) is 0 Å². The third-order valence-electron chi connectivity index (χ3n) is 2.43. The Morgan fingerprint density at radius 1 is 1.46 bits per heavy atom. The number of fused-ring (bicyclic) bond motifs is 1. The summed E-state index contributed by atoms with van der Waals surface area (Å²) < 4.78 is 0. The zero-order valence-electron chi connectivity index (χ0n) is 6.90. The Morgan fingerprint density at radius 3 is 2.85 bits per heavy atom. The molecule has 0 spiro atoms. The third-order valence-corrected chi connectivity index (χ3v) is 3.29. The molecule has 1 aliphatic rings. The maximum absolute atomic E-state index is 10.9. The van der Waals surface area contributed by atoms with Gasteiger partial charge in [0.1, 0.15) is 0 Å². The lowest BCUT2D eigenvalue weighted by Gasteiger charge is -2.08. The summed E-state index contributed by atoms with van der Waals surface area (Å²) in [4.78, 5) is 11.0. The summed E-state index contributed by atoms with van der Waals surface area (Å²) in [5.74, 6) is -1.12. The lowest BCUT2D eigenvalue weighted by Crippen LogP contribution is -2.16. The first-order valence-electron chi connectivity index (χ1n) is 4.15. The SMILES string of the molecule is O=C(O)C1c2ccccc2C[C@@H]1Br. The molecular formula is C10H9BrO2. The van der Waals surface area contributed by atoms with Crippen molar-refractivity contribution in [2.45, 2.75) is 17.2 Å². The van der Waals surface area contributed by atoms with Gasteiger partial charge in [0, 0.05) is 4.83 Å². The van der Waals surface area contributed by atoms with Gasteiger partial charge < -0.3 is 5.11 Å². The fourth-order valence-electron chi connectivity index (χ4n) is 1.83. The highest BCUT2D eigenvalue weighted by molar-refractivity contribution is 9.09. The first-order valence-corrected chi connectivity index (χ1v) is 5.06. The van der Waals surface area contributed by atoms with Crippen molar-refractivity contribution >= 4 is 21.9 Å². The van der Waals surface area contributed by atoms with Crippen LogP contribution in [0.5, 0.6) is 0 Å². The van der Waals surface area contributed by atoms with Gasteiger partial charge in [0.25, 0.3) is 0 Å². The van der Waals surface area contributed by atoms with Gasteiger partial charge in [-0.3, -0.25) is 4.79 Å². The fourth-order valence-corrected chi connectivity index (χ4v) is 2.69. The smallest absolute Gasteiger partial charge is 0.312 e. The molecule has 0 aromatic heterocycles. The van der Waals surface area contributed by atoms with E-state index in [9.17, 15) is 4.79 Å². The molecule has 0 saturated heterocycles.